The molecular formula is C12H10N2O4S. The van der Waals surface area contributed by atoms with E-state index in [4.69, 9.17) is 9.84 Å². The average molecular weight is 278 g/mol. The third kappa shape index (κ3) is 2.89. The first-order valence-electron chi connectivity index (χ1n) is 5.24. The van der Waals surface area contributed by atoms with Crippen molar-refractivity contribution in [3.05, 3.63) is 40.3 Å². The lowest BCUT2D eigenvalue weighted by Gasteiger charge is -2.05. The van der Waals surface area contributed by atoms with Crippen LogP contribution < -0.4 is 10.1 Å². The van der Waals surface area contributed by atoms with Gasteiger partial charge in [-0.2, -0.15) is 0 Å². The van der Waals surface area contributed by atoms with E-state index in [9.17, 15) is 9.59 Å². The Bertz CT molecular complexity index is 606. The number of anilines is 1. The number of carboxylic acid groups (broad SMARTS) is 1. The number of carbonyl (C=O) groups is 2. The summed E-state index contributed by atoms with van der Waals surface area (Å²) in [7, 11) is 1.49. The zero-order valence-corrected chi connectivity index (χ0v) is 10.7. The van der Waals surface area contributed by atoms with Gasteiger partial charge in [0.25, 0.3) is 5.91 Å². The molecule has 7 heteroatoms. The second-order valence-corrected chi connectivity index (χ2v) is 4.43. The van der Waals surface area contributed by atoms with Crippen molar-refractivity contribution in [3.8, 4) is 5.75 Å². The number of hydrogen-bond donors (Lipinski definition) is 2. The Morgan fingerprint density at radius 1 is 1.37 bits per heavy atom. The number of methoxy groups -OCH3 is 1. The van der Waals surface area contributed by atoms with Gasteiger partial charge in [-0.05, 0) is 23.6 Å². The number of aromatic carboxylic acids is 1. The molecule has 0 saturated carbocycles. The molecule has 2 N–H and O–H groups in total. The highest BCUT2D eigenvalue weighted by Crippen LogP contribution is 2.25. The Labute approximate surface area is 112 Å². The highest BCUT2D eigenvalue weighted by Gasteiger charge is 2.14. The topological polar surface area (TPSA) is 88.5 Å². The minimum absolute atomic E-state index is 0.0771. The fourth-order valence-corrected chi connectivity index (χ4v) is 2.16. The van der Waals surface area contributed by atoms with Crippen LogP contribution >= 0.6 is 11.3 Å². The largest absolute Gasteiger partial charge is 0.495 e. The minimum Gasteiger partial charge on any atom is -0.495 e. The summed E-state index contributed by atoms with van der Waals surface area (Å²) in [5.41, 5.74) is 0.345. The molecule has 0 aromatic carbocycles. The molecule has 0 aliphatic carbocycles. The van der Waals surface area contributed by atoms with Gasteiger partial charge in [-0.3, -0.25) is 4.79 Å². The van der Waals surface area contributed by atoms with Crippen LogP contribution in [0.5, 0.6) is 5.75 Å². The predicted molar refractivity (Wildman–Crippen MR) is 70.0 cm³/mol. The van der Waals surface area contributed by atoms with Gasteiger partial charge < -0.3 is 15.2 Å². The number of amides is 1. The number of nitrogens with zero attached hydrogens (tertiary/aromatic N) is 1. The van der Waals surface area contributed by atoms with Gasteiger partial charge in [0.05, 0.1) is 19.0 Å². The molecule has 98 valence electrons. The first kappa shape index (κ1) is 13.0. The quantitative estimate of drug-likeness (QED) is 0.894. The summed E-state index contributed by atoms with van der Waals surface area (Å²) in [6, 6.07) is 4.50. The highest BCUT2D eigenvalue weighted by molar-refractivity contribution is 7.12. The third-order valence-electron chi connectivity index (χ3n) is 2.30. The molecule has 0 aliphatic rings. The van der Waals surface area contributed by atoms with Crippen molar-refractivity contribution in [3.63, 3.8) is 0 Å². The van der Waals surface area contributed by atoms with Crippen LogP contribution in [0.15, 0.2) is 29.8 Å². The summed E-state index contributed by atoms with van der Waals surface area (Å²) in [6.45, 7) is 0. The van der Waals surface area contributed by atoms with Gasteiger partial charge >= 0.3 is 5.97 Å². The molecular weight excluding hydrogens is 268 g/mol. The number of rotatable bonds is 4. The van der Waals surface area contributed by atoms with Crippen molar-refractivity contribution >= 4 is 28.9 Å². The van der Waals surface area contributed by atoms with Gasteiger partial charge in [0, 0.05) is 0 Å². The number of hydrogen-bond acceptors (Lipinski definition) is 5. The number of pyridine rings is 1. The number of carboxylic acids is 1. The molecule has 2 heterocycles. The number of thiophene rings is 1. The van der Waals surface area contributed by atoms with E-state index < -0.39 is 5.97 Å². The van der Waals surface area contributed by atoms with Crippen molar-refractivity contribution in [2.45, 2.75) is 0 Å². The monoisotopic (exact) mass is 278 g/mol. The van der Waals surface area contributed by atoms with Gasteiger partial charge in [-0.1, -0.05) is 0 Å². The second-order valence-electron chi connectivity index (χ2n) is 3.51. The molecule has 2 aromatic rings. The highest BCUT2D eigenvalue weighted by atomic mass is 32.1. The maximum Gasteiger partial charge on any atom is 0.354 e. The van der Waals surface area contributed by atoms with E-state index in [0.717, 1.165) is 0 Å². The summed E-state index contributed by atoms with van der Waals surface area (Å²) in [5, 5.41) is 13.1. The molecule has 0 unspecified atom stereocenters. The summed E-state index contributed by atoms with van der Waals surface area (Å²) in [4.78, 5) is 26.8. The van der Waals surface area contributed by atoms with Crippen LogP contribution in [0.4, 0.5) is 5.69 Å². The number of carbonyl (C=O) groups excluding carboxylic acids is 1. The normalized spacial score (nSPS) is 9.95. The molecule has 6 nitrogen and oxygen atoms in total. The van der Waals surface area contributed by atoms with Crippen LogP contribution in [0, 0.1) is 0 Å². The number of ether oxygens (including phenoxy) is 1. The maximum absolute atomic E-state index is 11.9. The van der Waals surface area contributed by atoms with E-state index >= 15 is 0 Å². The average Bonchev–Trinajstić information content (AvgIpc) is 2.87. The van der Waals surface area contributed by atoms with Crippen molar-refractivity contribution in [2.75, 3.05) is 12.4 Å². The van der Waals surface area contributed by atoms with Gasteiger partial charge in [-0.15, -0.1) is 11.3 Å². The molecule has 0 fully saturated rings. The van der Waals surface area contributed by atoms with E-state index in [-0.39, 0.29) is 11.6 Å². The van der Waals surface area contributed by atoms with Crippen LogP contribution in [-0.4, -0.2) is 29.1 Å². The molecule has 1 amide bonds. The molecule has 19 heavy (non-hydrogen) atoms. The second kappa shape index (κ2) is 5.49. The summed E-state index contributed by atoms with van der Waals surface area (Å²) in [6.07, 6.45) is 1.29. The van der Waals surface area contributed by atoms with Crippen LogP contribution in [0.2, 0.25) is 0 Å². The van der Waals surface area contributed by atoms with Gasteiger partial charge in [-0.25, -0.2) is 9.78 Å². The van der Waals surface area contributed by atoms with E-state index in [0.29, 0.717) is 16.3 Å². The molecule has 0 atom stereocenters. The first-order valence-corrected chi connectivity index (χ1v) is 6.12. The van der Waals surface area contributed by atoms with E-state index in [1.807, 2.05) is 0 Å². The third-order valence-corrected chi connectivity index (χ3v) is 3.19. The molecule has 2 rings (SSSR count). The number of nitrogens with one attached hydrogen (secondary N) is 1. The minimum atomic E-state index is -1.11. The van der Waals surface area contributed by atoms with Crippen molar-refractivity contribution < 1.29 is 19.4 Å². The lowest BCUT2D eigenvalue weighted by atomic mass is 10.3. The van der Waals surface area contributed by atoms with E-state index in [1.54, 1.807) is 11.4 Å². The van der Waals surface area contributed by atoms with Crippen LogP contribution in [-0.2, 0) is 0 Å². The molecule has 0 aliphatic heterocycles. The lowest BCUT2D eigenvalue weighted by Crippen LogP contribution is -2.12. The lowest BCUT2D eigenvalue weighted by molar-refractivity contribution is 0.0690. The SMILES string of the molecule is COc1ccsc1C(=O)Nc1ccc(C(=O)O)nc1. The van der Waals surface area contributed by atoms with Crippen LogP contribution in [0.1, 0.15) is 20.2 Å². The molecule has 0 bridgehead atoms. The smallest absolute Gasteiger partial charge is 0.354 e. The Kier molecular flexibility index (Phi) is 3.76. The van der Waals surface area contributed by atoms with Crippen molar-refractivity contribution in [1.82, 2.24) is 4.98 Å². The zero-order valence-electron chi connectivity index (χ0n) is 9.91. The van der Waals surface area contributed by atoms with Gasteiger partial charge in [0.2, 0.25) is 0 Å². The molecule has 0 saturated heterocycles. The maximum atomic E-state index is 11.9. The summed E-state index contributed by atoms with van der Waals surface area (Å²) >= 11 is 1.26. The Hall–Kier alpha value is -2.41. The number of aromatic nitrogens is 1. The van der Waals surface area contributed by atoms with Crippen molar-refractivity contribution in [1.29, 1.82) is 0 Å². The van der Waals surface area contributed by atoms with Gasteiger partial charge in [0.15, 0.2) is 0 Å². The molecule has 0 radical (unpaired) electrons. The van der Waals surface area contributed by atoms with Gasteiger partial charge in [0.1, 0.15) is 16.3 Å². The fourth-order valence-electron chi connectivity index (χ4n) is 1.41. The first-order chi connectivity index (χ1) is 9.11. The van der Waals surface area contributed by atoms with E-state index in [2.05, 4.69) is 10.3 Å². The van der Waals surface area contributed by atoms with Crippen molar-refractivity contribution in [2.24, 2.45) is 0 Å². The van der Waals surface area contributed by atoms with Crippen LogP contribution in [0.3, 0.4) is 0 Å². The predicted octanol–water partition coefficient (Wildman–Crippen LogP) is 2.10. The molecule has 0 spiro atoms. The summed E-state index contributed by atoms with van der Waals surface area (Å²) in [5.74, 6) is -0.938. The Balaban J connectivity index is 2.13. The summed E-state index contributed by atoms with van der Waals surface area (Å²) < 4.78 is 5.05. The Morgan fingerprint density at radius 3 is 2.74 bits per heavy atom. The standard InChI is InChI=1S/C12H10N2O4S/c1-18-9-4-5-19-10(9)11(15)14-7-2-3-8(12(16)17)13-6-7/h2-6H,1H3,(H,14,15)(H,16,17). The fraction of sp³-hybridized carbons (Fsp3) is 0.0833. The van der Waals surface area contributed by atoms with E-state index in [1.165, 1.54) is 36.8 Å². The zero-order chi connectivity index (χ0) is 13.8. The van der Waals surface area contributed by atoms with Crippen LogP contribution in [0.25, 0.3) is 0 Å². The molecule has 2 aromatic heterocycles. The Morgan fingerprint density at radius 2 is 2.16 bits per heavy atom.